The highest BCUT2D eigenvalue weighted by Gasteiger charge is 2.30. The Labute approximate surface area is 154 Å². The largest absolute Gasteiger partial charge is 0.480 e. The molecule has 2 saturated heterocycles. The first-order valence-corrected chi connectivity index (χ1v) is 10.8. The molecule has 2 heterocycles. The molecule has 10 heteroatoms. The third-order valence-electron chi connectivity index (χ3n) is 4.91. The number of rotatable bonds is 7. The highest BCUT2D eigenvalue weighted by atomic mass is 32.2. The second-order valence-electron chi connectivity index (χ2n) is 7.24. The lowest BCUT2D eigenvalue weighted by atomic mass is 9.99. The van der Waals surface area contributed by atoms with Crippen molar-refractivity contribution in [3.63, 3.8) is 0 Å². The van der Waals surface area contributed by atoms with Crippen LogP contribution in [0, 0.1) is 5.92 Å². The number of sulfonamides is 1. The van der Waals surface area contributed by atoms with Crippen LogP contribution in [0.4, 0.5) is 0 Å². The molecule has 2 aliphatic rings. The first kappa shape index (κ1) is 21.1. The summed E-state index contributed by atoms with van der Waals surface area (Å²) < 4.78 is 30.0. The number of hydrogen-bond donors (Lipinski definition) is 1. The maximum absolute atomic E-state index is 12.5. The van der Waals surface area contributed by atoms with Crippen molar-refractivity contribution in [1.29, 1.82) is 0 Å². The van der Waals surface area contributed by atoms with Crippen LogP contribution in [0.5, 0.6) is 0 Å². The molecule has 2 aliphatic heterocycles. The molecule has 0 bridgehead atoms. The summed E-state index contributed by atoms with van der Waals surface area (Å²) in [7, 11) is -3.64. The summed E-state index contributed by atoms with van der Waals surface area (Å²) in [4.78, 5) is 27.2. The summed E-state index contributed by atoms with van der Waals surface area (Å²) >= 11 is 0. The summed E-state index contributed by atoms with van der Waals surface area (Å²) in [6, 6.07) is 0. The van der Waals surface area contributed by atoms with Gasteiger partial charge in [-0.3, -0.25) is 14.5 Å². The van der Waals surface area contributed by atoms with Crippen molar-refractivity contribution in [3.05, 3.63) is 0 Å². The Hall–Kier alpha value is -1.23. The molecule has 150 valence electrons. The number of aliphatic carboxylic acids is 1. The average Bonchev–Trinajstić information content (AvgIpc) is 2.54. The van der Waals surface area contributed by atoms with E-state index >= 15 is 0 Å². The number of hydrogen-bond acceptors (Lipinski definition) is 6. The number of carboxylic acids is 1. The van der Waals surface area contributed by atoms with Gasteiger partial charge in [0.1, 0.15) is 6.54 Å². The lowest BCUT2D eigenvalue weighted by Gasteiger charge is -2.36. The molecule has 0 aromatic rings. The quantitative estimate of drug-likeness (QED) is 0.611. The van der Waals surface area contributed by atoms with Gasteiger partial charge in [0.15, 0.2) is 0 Å². The smallest absolute Gasteiger partial charge is 0.318 e. The number of carboxylic acid groups (broad SMARTS) is 1. The van der Waals surface area contributed by atoms with Gasteiger partial charge < -0.3 is 14.7 Å². The van der Waals surface area contributed by atoms with Crippen LogP contribution in [-0.4, -0.2) is 104 Å². The van der Waals surface area contributed by atoms with Crippen LogP contribution in [0.3, 0.4) is 0 Å². The van der Waals surface area contributed by atoms with Gasteiger partial charge in [0.05, 0.1) is 25.5 Å². The minimum Gasteiger partial charge on any atom is -0.480 e. The van der Waals surface area contributed by atoms with Crippen molar-refractivity contribution in [3.8, 4) is 0 Å². The molecule has 1 amide bonds. The Morgan fingerprint density at radius 3 is 2.46 bits per heavy atom. The Morgan fingerprint density at radius 2 is 1.88 bits per heavy atom. The van der Waals surface area contributed by atoms with Crippen LogP contribution in [-0.2, 0) is 24.3 Å². The van der Waals surface area contributed by atoms with Gasteiger partial charge in [-0.05, 0) is 18.8 Å². The number of ether oxygens (including phenoxy) is 1. The molecular formula is C16H29N3O6S. The van der Waals surface area contributed by atoms with E-state index in [1.54, 1.807) is 0 Å². The number of amides is 1. The fourth-order valence-electron chi connectivity index (χ4n) is 3.28. The maximum Gasteiger partial charge on any atom is 0.318 e. The third-order valence-corrected chi connectivity index (χ3v) is 6.12. The predicted octanol–water partition coefficient (Wildman–Crippen LogP) is -0.708. The van der Waals surface area contributed by atoms with Gasteiger partial charge in [0.25, 0.3) is 0 Å². The van der Waals surface area contributed by atoms with Crippen LogP contribution >= 0.6 is 0 Å². The van der Waals surface area contributed by atoms with Crippen molar-refractivity contribution in [2.75, 3.05) is 58.7 Å². The van der Waals surface area contributed by atoms with E-state index in [4.69, 9.17) is 9.84 Å². The predicted molar refractivity (Wildman–Crippen MR) is 95.2 cm³/mol. The molecule has 2 fully saturated rings. The van der Waals surface area contributed by atoms with Crippen molar-refractivity contribution in [1.82, 2.24) is 14.1 Å². The monoisotopic (exact) mass is 391 g/mol. The molecule has 0 aromatic heterocycles. The standard InChI is InChI=1S/C16H29N3O6S/c1-13-3-5-18(6-4-13)15(20)11-17-7-8-25-14(9-17)10-19(12-16(21)22)26(2,23)24/h13-14H,3-12H2,1-2H3,(H,21,22). The van der Waals surface area contributed by atoms with Crippen molar-refractivity contribution >= 4 is 21.9 Å². The number of likely N-dealkylation sites (tertiary alicyclic amines) is 1. The number of carbonyl (C=O) groups is 2. The minimum absolute atomic E-state index is 0.0307. The molecule has 1 N–H and O–H groups in total. The number of nitrogens with zero attached hydrogens (tertiary/aromatic N) is 3. The molecule has 0 spiro atoms. The summed E-state index contributed by atoms with van der Waals surface area (Å²) in [5.41, 5.74) is 0. The zero-order chi connectivity index (χ0) is 19.3. The highest BCUT2D eigenvalue weighted by molar-refractivity contribution is 7.88. The van der Waals surface area contributed by atoms with Crippen LogP contribution in [0.1, 0.15) is 19.8 Å². The highest BCUT2D eigenvalue weighted by Crippen LogP contribution is 2.17. The minimum atomic E-state index is -3.64. The molecular weight excluding hydrogens is 362 g/mol. The third kappa shape index (κ3) is 6.49. The van der Waals surface area contributed by atoms with E-state index in [1.807, 2.05) is 9.80 Å². The van der Waals surface area contributed by atoms with E-state index in [2.05, 4.69) is 6.92 Å². The molecule has 0 aliphatic carbocycles. The van der Waals surface area contributed by atoms with Crippen LogP contribution in [0.2, 0.25) is 0 Å². The number of carbonyl (C=O) groups excluding carboxylic acids is 1. The van der Waals surface area contributed by atoms with Crippen LogP contribution in [0.15, 0.2) is 0 Å². The first-order valence-electron chi connectivity index (χ1n) is 8.94. The summed E-state index contributed by atoms with van der Waals surface area (Å²) in [6.07, 6.45) is 2.58. The van der Waals surface area contributed by atoms with E-state index in [9.17, 15) is 18.0 Å². The van der Waals surface area contributed by atoms with Gasteiger partial charge >= 0.3 is 5.97 Å². The number of piperidine rings is 1. The fraction of sp³-hybridized carbons (Fsp3) is 0.875. The van der Waals surface area contributed by atoms with E-state index in [-0.39, 0.29) is 19.0 Å². The first-order chi connectivity index (χ1) is 12.1. The normalized spacial score (nSPS) is 23.3. The summed E-state index contributed by atoms with van der Waals surface area (Å²) in [5, 5.41) is 8.90. The van der Waals surface area contributed by atoms with E-state index in [0.29, 0.717) is 25.6 Å². The van der Waals surface area contributed by atoms with E-state index in [0.717, 1.165) is 36.5 Å². The van der Waals surface area contributed by atoms with Crippen molar-refractivity contribution < 1.29 is 27.9 Å². The Morgan fingerprint density at radius 1 is 1.23 bits per heavy atom. The zero-order valence-electron chi connectivity index (χ0n) is 15.5. The van der Waals surface area contributed by atoms with Gasteiger partial charge in [-0.2, -0.15) is 4.31 Å². The van der Waals surface area contributed by atoms with Crippen molar-refractivity contribution in [2.45, 2.75) is 25.9 Å². The number of morpholine rings is 1. The second-order valence-corrected chi connectivity index (χ2v) is 9.22. The van der Waals surface area contributed by atoms with E-state index < -0.39 is 28.6 Å². The van der Waals surface area contributed by atoms with Gasteiger partial charge in [-0.1, -0.05) is 6.92 Å². The Balaban J connectivity index is 1.87. The summed E-state index contributed by atoms with van der Waals surface area (Å²) in [6.45, 7) is 4.82. The zero-order valence-corrected chi connectivity index (χ0v) is 16.3. The molecule has 0 saturated carbocycles. The summed E-state index contributed by atoms with van der Waals surface area (Å²) in [5.74, 6) is -0.469. The van der Waals surface area contributed by atoms with Gasteiger partial charge in [0, 0.05) is 32.7 Å². The van der Waals surface area contributed by atoms with E-state index in [1.165, 1.54) is 0 Å². The topological polar surface area (TPSA) is 107 Å². The molecule has 0 radical (unpaired) electrons. The Kier molecular flexibility index (Phi) is 7.39. The second kappa shape index (κ2) is 9.12. The molecule has 1 atom stereocenters. The molecule has 26 heavy (non-hydrogen) atoms. The van der Waals surface area contributed by atoms with Gasteiger partial charge in [-0.15, -0.1) is 0 Å². The fourth-order valence-corrected chi connectivity index (χ4v) is 4.06. The lowest BCUT2D eigenvalue weighted by molar-refractivity contribution is -0.137. The maximum atomic E-state index is 12.5. The average molecular weight is 391 g/mol. The molecule has 0 aromatic carbocycles. The molecule has 2 rings (SSSR count). The van der Waals surface area contributed by atoms with Gasteiger partial charge in [0.2, 0.25) is 15.9 Å². The van der Waals surface area contributed by atoms with Crippen molar-refractivity contribution in [2.24, 2.45) is 5.92 Å². The lowest BCUT2D eigenvalue weighted by Crippen LogP contribution is -2.52. The SMILES string of the molecule is CC1CCN(C(=O)CN2CCOC(CN(CC(=O)O)S(C)(=O)=O)C2)CC1. The molecule has 1 unspecified atom stereocenters. The van der Waals surface area contributed by atoms with Crippen LogP contribution in [0.25, 0.3) is 0 Å². The Bertz CT molecular complexity index is 603. The molecule has 9 nitrogen and oxygen atoms in total. The van der Waals surface area contributed by atoms with Crippen LogP contribution < -0.4 is 0 Å². The van der Waals surface area contributed by atoms with Gasteiger partial charge in [-0.25, -0.2) is 8.42 Å².